The monoisotopic (exact) mass is 236 g/mol. The number of rotatable bonds is 3. The minimum absolute atomic E-state index is 0.0952. The normalized spacial score (nSPS) is 27.1. The van der Waals surface area contributed by atoms with Gasteiger partial charge in [0.05, 0.1) is 18.1 Å². The van der Waals surface area contributed by atoms with E-state index in [1.807, 2.05) is 0 Å². The minimum atomic E-state index is -0.228. The number of ether oxygens (including phenoxy) is 1. The molecule has 0 bridgehead atoms. The Hall–Kier alpha value is -1.08. The molecule has 17 heavy (non-hydrogen) atoms. The lowest BCUT2D eigenvalue weighted by atomic mass is 9.77. The van der Waals surface area contributed by atoms with Crippen LogP contribution in [0.5, 0.6) is 0 Å². The van der Waals surface area contributed by atoms with Crippen molar-refractivity contribution in [3.8, 4) is 6.07 Å². The Kier molecular flexibility index (Phi) is 3.68. The molecular weight excluding hydrogens is 216 g/mol. The highest BCUT2D eigenvalue weighted by atomic mass is 16.5. The van der Waals surface area contributed by atoms with Crippen LogP contribution in [0.15, 0.2) is 0 Å². The summed E-state index contributed by atoms with van der Waals surface area (Å²) in [6, 6.07) is 2.02. The predicted molar refractivity (Wildman–Crippen MR) is 63.2 cm³/mol. The van der Waals surface area contributed by atoms with Gasteiger partial charge in [-0.05, 0) is 38.5 Å². The average molecular weight is 236 g/mol. The number of hydrogen-bond donors (Lipinski definition) is 0. The minimum Gasteiger partial charge on any atom is -0.378 e. The largest absolute Gasteiger partial charge is 0.378 e. The second-order valence-electron chi connectivity index (χ2n) is 5.15. The number of amides is 1. The van der Waals surface area contributed by atoms with Gasteiger partial charge in [0.2, 0.25) is 5.91 Å². The topological polar surface area (TPSA) is 53.3 Å². The first-order chi connectivity index (χ1) is 8.21. The van der Waals surface area contributed by atoms with Crippen molar-refractivity contribution in [3.05, 3.63) is 0 Å². The number of nitrogens with zero attached hydrogens (tertiary/aromatic N) is 2. The Morgan fingerprint density at radius 2 is 2.24 bits per heavy atom. The molecule has 2 fully saturated rings. The smallest absolute Gasteiger partial charge is 0.226 e. The number of carbonyl (C=O) groups excluding carboxylic acids is 1. The highest BCUT2D eigenvalue weighted by Gasteiger charge is 2.41. The van der Waals surface area contributed by atoms with Gasteiger partial charge >= 0.3 is 0 Å². The summed E-state index contributed by atoms with van der Waals surface area (Å²) < 4.78 is 5.47. The van der Waals surface area contributed by atoms with Crippen LogP contribution >= 0.6 is 0 Å². The molecule has 1 atom stereocenters. The van der Waals surface area contributed by atoms with Gasteiger partial charge in [0, 0.05) is 13.7 Å². The van der Waals surface area contributed by atoms with Crippen LogP contribution in [-0.2, 0) is 9.53 Å². The Labute approximate surface area is 103 Å². The molecule has 1 saturated carbocycles. The van der Waals surface area contributed by atoms with Gasteiger partial charge in [0.25, 0.3) is 0 Å². The third-order valence-corrected chi connectivity index (χ3v) is 4.14. The third-order valence-electron chi connectivity index (χ3n) is 4.14. The molecule has 1 aliphatic heterocycles. The molecule has 2 aliphatic rings. The van der Waals surface area contributed by atoms with Gasteiger partial charge in [0.15, 0.2) is 0 Å². The Bertz CT molecular complexity index is 325. The van der Waals surface area contributed by atoms with Crippen molar-refractivity contribution < 1.29 is 9.53 Å². The van der Waals surface area contributed by atoms with E-state index in [0.29, 0.717) is 6.42 Å². The van der Waals surface area contributed by atoms with Gasteiger partial charge in [-0.25, -0.2) is 0 Å². The average Bonchev–Trinajstić information content (AvgIpc) is 2.33. The van der Waals surface area contributed by atoms with Crippen molar-refractivity contribution >= 4 is 5.91 Å². The maximum Gasteiger partial charge on any atom is 0.226 e. The van der Waals surface area contributed by atoms with Gasteiger partial charge < -0.3 is 9.64 Å². The van der Waals surface area contributed by atoms with Crippen LogP contribution in [0.25, 0.3) is 0 Å². The number of carbonyl (C=O) groups is 1. The van der Waals surface area contributed by atoms with Gasteiger partial charge in [-0.2, -0.15) is 5.26 Å². The van der Waals surface area contributed by atoms with Crippen molar-refractivity contribution in [1.82, 2.24) is 4.90 Å². The Balaban J connectivity index is 1.96. The summed E-state index contributed by atoms with van der Waals surface area (Å²) in [5.74, 6) is 0.0952. The number of hydrogen-bond acceptors (Lipinski definition) is 3. The second kappa shape index (κ2) is 5.05. The van der Waals surface area contributed by atoms with Crippen LogP contribution in [0.1, 0.15) is 44.9 Å². The van der Waals surface area contributed by atoms with Gasteiger partial charge in [-0.3, -0.25) is 4.79 Å². The zero-order valence-corrected chi connectivity index (χ0v) is 10.4. The van der Waals surface area contributed by atoms with E-state index in [9.17, 15) is 4.79 Å². The molecule has 1 saturated heterocycles. The molecule has 0 aromatic carbocycles. The van der Waals surface area contributed by atoms with E-state index in [1.54, 1.807) is 12.0 Å². The van der Waals surface area contributed by atoms with Crippen molar-refractivity contribution in [2.75, 3.05) is 13.7 Å². The van der Waals surface area contributed by atoms with Gasteiger partial charge in [0.1, 0.15) is 6.04 Å². The summed E-state index contributed by atoms with van der Waals surface area (Å²) in [5.41, 5.74) is -0.228. The lowest BCUT2D eigenvalue weighted by molar-refractivity contribution is -0.146. The van der Waals surface area contributed by atoms with E-state index in [0.717, 1.165) is 45.1 Å². The van der Waals surface area contributed by atoms with E-state index in [4.69, 9.17) is 10.00 Å². The lowest BCUT2D eigenvalue weighted by Crippen LogP contribution is -2.49. The molecule has 1 heterocycles. The van der Waals surface area contributed by atoms with Crippen molar-refractivity contribution in [2.45, 2.75) is 56.6 Å². The van der Waals surface area contributed by atoms with Crippen LogP contribution in [0.3, 0.4) is 0 Å². The predicted octanol–water partition coefficient (Wildman–Crippen LogP) is 1.85. The highest BCUT2D eigenvalue weighted by Crippen LogP contribution is 2.38. The fraction of sp³-hybridized carbons (Fsp3) is 0.846. The fourth-order valence-electron chi connectivity index (χ4n) is 2.77. The molecule has 0 N–H and O–H groups in total. The van der Waals surface area contributed by atoms with Crippen molar-refractivity contribution in [1.29, 1.82) is 5.26 Å². The summed E-state index contributed by atoms with van der Waals surface area (Å²) in [5, 5.41) is 9.06. The first-order valence-electron chi connectivity index (χ1n) is 6.45. The second-order valence-corrected chi connectivity index (χ2v) is 5.15. The molecule has 0 aromatic rings. The van der Waals surface area contributed by atoms with Crippen molar-refractivity contribution in [2.24, 2.45) is 0 Å². The van der Waals surface area contributed by atoms with Crippen molar-refractivity contribution in [3.63, 3.8) is 0 Å². The lowest BCUT2D eigenvalue weighted by Gasteiger charge is -2.42. The molecule has 2 rings (SSSR count). The molecule has 0 radical (unpaired) electrons. The molecular formula is C13H20N2O2. The number of methoxy groups -OCH3 is 1. The Morgan fingerprint density at radius 1 is 1.47 bits per heavy atom. The molecule has 4 heteroatoms. The van der Waals surface area contributed by atoms with E-state index in [2.05, 4.69) is 6.07 Å². The zero-order chi connectivity index (χ0) is 12.3. The van der Waals surface area contributed by atoms with Crippen LogP contribution in [-0.4, -0.2) is 36.1 Å². The summed E-state index contributed by atoms with van der Waals surface area (Å²) in [6.45, 7) is 0.733. The van der Waals surface area contributed by atoms with Gasteiger partial charge in [-0.1, -0.05) is 0 Å². The van der Waals surface area contributed by atoms with Crippen LogP contribution in [0.4, 0.5) is 0 Å². The van der Waals surface area contributed by atoms with Crippen LogP contribution in [0, 0.1) is 11.3 Å². The Morgan fingerprint density at radius 3 is 2.76 bits per heavy atom. The van der Waals surface area contributed by atoms with Crippen LogP contribution in [0.2, 0.25) is 0 Å². The van der Waals surface area contributed by atoms with Gasteiger partial charge in [-0.15, -0.1) is 0 Å². The summed E-state index contributed by atoms with van der Waals surface area (Å²) in [6.07, 6.45) is 6.43. The first-order valence-corrected chi connectivity index (χ1v) is 6.45. The first kappa shape index (κ1) is 12.4. The molecule has 0 aromatic heterocycles. The number of nitriles is 1. The van der Waals surface area contributed by atoms with Crippen LogP contribution < -0.4 is 0 Å². The molecule has 1 unspecified atom stereocenters. The molecule has 94 valence electrons. The SMILES string of the molecule is COC1(CC(=O)N2CCCCC2C#N)CCC1. The number of likely N-dealkylation sites (tertiary alicyclic amines) is 1. The third kappa shape index (κ3) is 2.44. The molecule has 4 nitrogen and oxygen atoms in total. The molecule has 1 amide bonds. The highest BCUT2D eigenvalue weighted by molar-refractivity contribution is 5.78. The zero-order valence-electron chi connectivity index (χ0n) is 10.4. The summed E-state index contributed by atoms with van der Waals surface area (Å²) in [7, 11) is 1.68. The van der Waals surface area contributed by atoms with E-state index >= 15 is 0 Å². The maximum atomic E-state index is 12.2. The van der Waals surface area contributed by atoms with E-state index in [1.165, 1.54) is 0 Å². The fourth-order valence-corrected chi connectivity index (χ4v) is 2.77. The summed E-state index contributed by atoms with van der Waals surface area (Å²) in [4.78, 5) is 14.0. The maximum absolute atomic E-state index is 12.2. The standard InChI is InChI=1S/C13H20N2O2/c1-17-13(6-4-7-13)9-12(16)15-8-3-2-5-11(15)10-14/h11H,2-9H2,1H3. The molecule has 0 spiro atoms. The summed E-state index contributed by atoms with van der Waals surface area (Å²) >= 11 is 0. The molecule has 1 aliphatic carbocycles. The number of piperidine rings is 1. The van der Waals surface area contributed by atoms with E-state index < -0.39 is 0 Å². The van der Waals surface area contributed by atoms with E-state index in [-0.39, 0.29) is 17.6 Å². The quantitative estimate of drug-likeness (QED) is 0.751.